The third-order valence-electron chi connectivity index (χ3n) is 3.77. The van der Waals surface area contributed by atoms with Gasteiger partial charge in [0.05, 0.1) is 0 Å². The van der Waals surface area contributed by atoms with Crippen LogP contribution in [0.4, 0.5) is 0 Å². The molecular weight excluding hydrogens is 293 g/mol. The first-order valence-electron chi connectivity index (χ1n) is 7.06. The van der Waals surface area contributed by atoms with E-state index in [-0.39, 0.29) is 5.91 Å². The fraction of sp³-hybridized carbons (Fsp3) is 0.438. The molecule has 1 aliphatic rings. The largest absolute Gasteiger partial charge is 0.336 e. The molecule has 1 aliphatic heterocycles. The third-order valence-corrected chi connectivity index (χ3v) is 4.43. The van der Waals surface area contributed by atoms with Gasteiger partial charge in [-0.05, 0) is 43.9 Å². The Morgan fingerprint density at radius 3 is 2.70 bits per heavy atom. The molecule has 1 heterocycles. The number of rotatable bonds is 3. The fourth-order valence-corrected chi connectivity index (χ4v) is 3.16. The predicted molar refractivity (Wildman–Crippen MR) is 85.1 cm³/mol. The molecule has 0 saturated carbocycles. The number of carbonyl (C=O) groups is 1. The normalized spacial score (nSPS) is 19.6. The van der Waals surface area contributed by atoms with Gasteiger partial charge >= 0.3 is 0 Å². The highest BCUT2D eigenvalue weighted by Crippen LogP contribution is 2.26. The molecule has 1 aromatic rings. The molecule has 0 N–H and O–H groups in total. The molecular formula is C16H19Cl2NO. The number of hydrogen-bond donors (Lipinski definition) is 0. The van der Waals surface area contributed by atoms with Crippen molar-refractivity contribution in [2.45, 2.75) is 38.6 Å². The summed E-state index contributed by atoms with van der Waals surface area (Å²) in [7, 11) is 0. The average molecular weight is 312 g/mol. The zero-order valence-electron chi connectivity index (χ0n) is 11.6. The third kappa shape index (κ3) is 3.56. The van der Waals surface area contributed by atoms with Crippen molar-refractivity contribution in [2.75, 3.05) is 6.54 Å². The SMILES string of the molecule is CC[C@@H]1CCCCN1C(=O)/C=C/c1c(Cl)cccc1Cl. The second kappa shape index (κ2) is 7.14. The molecule has 108 valence electrons. The van der Waals surface area contributed by atoms with Crippen molar-refractivity contribution in [2.24, 2.45) is 0 Å². The van der Waals surface area contributed by atoms with Gasteiger partial charge in [-0.25, -0.2) is 0 Å². The van der Waals surface area contributed by atoms with Crippen molar-refractivity contribution in [3.63, 3.8) is 0 Å². The summed E-state index contributed by atoms with van der Waals surface area (Å²) in [6.07, 6.45) is 7.70. The van der Waals surface area contributed by atoms with Crippen LogP contribution in [0, 0.1) is 0 Å². The summed E-state index contributed by atoms with van der Waals surface area (Å²) >= 11 is 12.2. The summed E-state index contributed by atoms with van der Waals surface area (Å²) < 4.78 is 0. The van der Waals surface area contributed by atoms with E-state index < -0.39 is 0 Å². The first-order valence-corrected chi connectivity index (χ1v) is 7.81. The van der Waals surface area contributed by atoms with Gasteiger partial charge in [0, 0.05) is 34.3 Å². The Kier molecular flexibility index (Phi) is 5.50. The maximum absolute atomic E-state index is 12.3. The highest BCUT2D eigenvalue weighted by Gasteiger charge is 2.23. The van der Waals surface area contributed by atoms with Gasteiger partial charge in [0.1, 0.15) is 0 Å². The number of hydrogen-bond acceptors (Lipinski definition) is 1. The van der Waals surface area contributed by atoms with Crippen molar-refractivity contribution in [1.82, 2.24) is 4.90 Å². The van der Waals surface area contributed by atoms with Gasteiger partial charge in [-0.3, -0.25) is 4.79 Å². The Balaban J connectivity index is 2.12. The van der Waals surface area contributed by atoms with Crippen LogP contribution >= 0.6 is 23.2 Å². The molecule has 1 amide bonds. The first-order chi connectivity index (χ1) is 9.63. The van der Waals surface area contributed by atoms with Crippen LogP contribution in [0.1, 0.15) is 38.2 Å². The van der Waals surface area contributed by atoms with E-state index in [0.29, 0.717) is 21.7 Å². The maximum atomic E-state index is 12.3. The van der Waals surface area contributed by atoms with Crippen molar-refractivity contribution in [3.05, 3.63) is 39.9 Å². The molecule has 0 aliphatic carbocycles. The number of likely N-dealkylation sites (tertiary alicyclic amines) is 1. The van der Waals surface area contributed by atoms with Crippen molar-refractivity contribution in [1.29, 1.82) is 0 Å². The highest BCUT2D eigenvalue weighted by molar-refractivity contribution is 6.37. The Bertz CT molecular complexity index is 493. The lowest BCUT2D eigenvalue weighted by atomic mass is 10.00. The highest BCUT2D eigenvalue weighted by atomic mass is 35.5. The lowest BCUT2D eigenvalue weighted by Crippen LogP contribution is -2.42. The molecule has 20 heavy (non-hydrogen) atoms. The molecule has 1 fully saturated rings. The second-order valence-corrected chi connectivity index (χ2v) is 5.87. The first kappa shape index (κ1) is 15.4. The number of halogens is 2. The summed E-state index contributed by atoms with van der Waals surface area (Å²) in [6, 6.07) is 5.70. The monoisotopic (exact) mass is 311 g/mol. The maximum Gasteiger partial charge on any atom is 0.246 e. The molecule has 0 bridgehead atoms. The minimum absolute atomic E-state index is 0.0486. The van der Waals surface area contributed by atoms with E-state index in [9.17, 15) is 4.79 Å². The van der Waals surface area contributed by atoms with Gasteiger partial charge in [-0.15, -0.1) is 0 Å². The minimum Gasteiger partial charge on any atom is -0.336 e. The fourth-order valence-electron chi connectivity index (χ4n) is 2.64. The molecule has 1 atom stereocenters. The summed E-state index contributed by atoms with van der Waals surface area (Å²) in [5.41, 5.74) is 0.703. The van der Waals surface area contributed by atoms with E-state index in [2.05, 4.69) is 6.92 Å². The molecule has 0 aromatic heterocycles. The molecule has 0 radical (unpaired) electrons. The van der Waals surface area contributed by atoms with E-state index in [1.807, 2.05) is 4.90 Å². The lowest BCUT2D eigenvalue weighted by Gasteiger charge is -2.34. The Labute approximate surface area is 130 Å². The van der Waals surface area contributed by atoms with Crippen LogP contribution in [-0.4, -0.2) is 23.4 Å². The van der Waals surface area contributed by atoms with Crippen LogP contribution < -0.4 is 0 Å². The van der Waals surface area contributed by atoms with E-state index in [1.165, 1.54) is 6.42 Å². The average Bonchev–Trinajstić information content (AvgIpc) is 2.46. The van der Waals surface area contributed by atoms with Crippen molar-refractivity contribution >= 4 is 35.2 Å². The summed E-state index contributed by atoms with van der Waals surface area (Å²) in [6.45, 7) is 2.98. The minimum atomic E-state index is 0.0486. The molecule has 4 heteroatoms. The second-order valence-electron chi connectivity index (χ2n) is 5.06. The molecule has 1 saturated heterocycles. The van der Waals surface area contributed by atoms with E-state index >= 15 is 0 Å². The number of piperidine rings is 1. The number of benzene rings is 1. The summed E-state index contributed by atoms with van der Waals surface area (Å²) in [4.78, 5) is 14.3. The van der Waals surface area contributed by atoms with E-state index in [1.54, 1.807) is 30.4 Å². The lowest BCUT2D eigenvalue weighted by molar-refractivity contribution is -0.129. The van der Waals surface area contributed by atoms with Gasteiger partial charge < -0.3 is 4.90 Å². The van der Waals surface area contributed by atoms with Gasteiger partial charge in [-0.2, -0.15) is 0 Å². The quantitative estimate of drug-likeness (QED) is 0.734. The van der Waals surface area contributed by atoms with Gasteiger partial charge in [-0.1, -0.05) is 36.2 Å². The van der Waals surface area contributed by atoms with Crippen LogP contribution in [-0.2, 0) is 4.79 Å². The molecule has 2 rings (SSSR count). The molecule has 1 aromatic carbocycles. The number of carbonyl (C=O) groups excluding carboxylic acids is 1. The predicted octanol–water partition coefficient (Wildman–Crippen LogP) is 4.80. The number of nitrogens with zero attached hydrogens (tertiary/aromatic N) is 1. The summed E-state index contributed by atoms with van der Waals surface area (Å²) in [5.74, 6) is 0.0486. The van der Waals surface area contributed by atoms with Crippen LogP contribution in [0.3, 0.4) is 0 Å². The zero-order valence-corrected chi connectivity index (χ0v) is 13.1. The van der Waals surface area contributed by atoms with Gasteiger partial charge in [0.15, 0.2) is 0 Å². The molecule has 0 spiro atoms. The topological polar surface area (TPSA) is 20.3 Å². The number of amides is 1. The summed E-state index contributed by atoms with van der Waals surface area (Å²) in [5, 5.41) is 1.12. The van der Waals surface area contributed by atoms with Crippen LogP contribution in [0.2, 0.25) is 10.0 Å². The Morgan fingerprint density at radius 1 is 1.35 bits per heavy atom. The zero-order chi connectivity index (χ0) is 14.5. The van der Waals surface area contributed by atoms with E-state index in [0.717, 1.165) is 25.8 Å². The van der Waals surface area contributed by atoms with Crippen molar-refractivity contribution < 1.29 is 4.79 Å². The standard InChI is InChI=1S/C16H19Cl2NO/c1-2-12-6-3-4-11-19(12)16(20)10-9-13-14(17)7-5-8-15(13)18/h5,7-10,12H,2-4,6,11H2,1H3/b10-9+/t12-/m1/s1. The van der Waals surface area contributed by atoms with E-state index in [4.69, 9.17) is 23.2 Å². The smallest absolute Gasteiger partial charge is 0.246 e. The Hall–Kier alpha value is -0.990. The van der Waals surface area contributed by atoms with Crippen molar-refractivity contribution in [3.8, 4) is 0 Å². The Morgan fingerprint density at radius 2 is 2.05 bits per heavy atom. The van der Waals surface area contributed by atoms with Gasteiger partial charge in [0.2, 0.25) is 5.91 Å². The van der Waals surface area contributed by atoms with Crippen LogP contribution in [0.5, 0.6) is 0 Å². The van der Waals surface area contributed by atoms with Crippen LogP contribution in [0.25, 0.3) is 6.08 Å². The van der Waals surface area contributed by atoms with Crippen LogP contribution in [0.15, 0.2) is 24.3 Å². The van der Waals surface area contributed by atoms with Gasteiger partial charge in [0.25, 0.3) is 0 Å². The molecule has 2 nitrogen and oxygen atoms in total. The molecule has 0 unspecified atom stereocenters.